The van der Waals surface area contributed by atoms with Crippen LogP contribution in [0.3, 0.4) is 0 Å². The normalized spacial score (nSPS) is 11.5. The predicted octanol–water partition coefficient (Wildman–Crippen LogP) is 1.01. The first-order valence-electron chi connectivity index (χ1n) is 3.15. The third kappa shape index (κ3) is 5.44. The molecule has 0 aliphatic rings. The van der Waals surface area contributed by atoms with Gasteiger partial charge in [0.1, 0.15) is 0 Å². The van der Waals surface area contributed by atoms with Crippen LogP contribution in [0.15, 0.2) is 5.10 Å². The Labute approximate surface area is 63.5 Å². The van der Waals surface area contributed by atoms with E-state index in [9.17, 15) is 13.6 Å². The molecule has 0 saturated carbocycles. The van der Waals surface area contributed by atoms with Gasteiger partial charge in [0.2, 0.25) is 5.91 Å². The SMILES string of the molecule is CC(C)C(=O)NN=CC(F)F. The van der Waals surface area contributed by atoms with E-state index < -0.39 is 6.43 Å². The molecule has 0 aromatic rings. The van der Waals surface area contributed by atoms with E-state index in [4.69, 9.17) is 0 Å². The molecule has 0 unspecified atom stereocenters. The summed E-state index contributed by atoms with van der Waals surface area (Å²) >= 11 is 0. The zero-order valence-electron chi connectivity index (χ0n) is 6.34. The van der Waals surface area contributed by atoms with Gasteiger partial charge in [-0.1, -0.05) is 13.8 Å². The summed E-state index contributed by atoms with van der Waals surface area (Å²) in [4.78, 5) is 10.7. The van der Waals surface area contributed by atoms with E-state index in [1.165, 1.54) is 0 Å². The van der Waals surface area contributed by atoms with E-state index in [-0.39, 0.29) is 11.8 Å². The molecule has 0 aromatic heterocycles. The van der Waals surface area contributed by atoms with Crippen LogP contribution in [0.1, 0.15) is 13.8 Å². The van der Waals surface area contributed by atoms with E-state index >= 15 is 0 Å². The Morgan fingerprint density at radius 2 is 2.09 bits per heavy atom. The summed E-state index contributed by atoms with van der Waals surface area (Å²) in [5.41, 5.74) is 1.96. The van der Waals surface area contributed by atoms with Gasteiger partial charge in [-0.15, -0.1) is 0 Å². The van der Waals surface area contributed by atoms with Crippen molar-refractivity contribution in [1.29, 1.82) is 0 Å². The van der Waals surface area contributed by atoms with Crippen LogP contribution in [0.2, 0.25) is 0 Å². The topological polar surface area (TPSA) is 41.5 Å². The van der Waals surface area contributed by atoms with Gasteiger partial charge in [0.15, 0.2) is 0 Å². The summed E-state index contributed by atoms with van der Waals surface area (Å²) in [6.07, 6.45) is -2.25. The Hall–Kier alpha value is -1.00. The monoisotopic (exact) mass is 164 g/mol. The first-order chi connectivity index (χ1) is 5.04. The average Bonchev–Trinajstić information content (AvgIpc) is 1.86. The molecule has 11 heavy (non-hydrogen) atoms. The van der Waals surface area contributed by atoms with Crippen molar-refractivity contribution in [3.63, 3.8) is 0 Å². The lowest BCUT2D eigenvalue weighted by molar-refractivity contribution is -0.123. The molecular formula is C6H10F2N2O. The van der Waals surface area contributed by atoms with Gasteiger partial charge in [0, 0.05) is 5.92 Å². The summed E-state index contributed by atoms with van der Waals surface area (Å²) < 4.78 is 22.8. The smallest absolute Gasteiger partial charge is 0.273 e. The molecule has 0 saturated heterocycles. The van der Waals surface area contributed by atoms with Crippen molar-refractivity contribution in [2.45, 2.75) is 20.3 Å². The largest absolute Gasteiger partial charge is 0.275 e. The maximum Gasteiger partial charge on any atom is 0.275 e. The number of hydrazone groups is 1. The zero-order valence-corrected chi connectivity index (χ0v) is 6.34. The van der Waals surface area contributed by atoms with E-state index in [1.807, 2.05) is 5.43 Å². The molecule has 0 atom stereocenters. The van der Waals surface area contributed by atoms with Crippen LogP contribution in [-0.2, 0) is 4.79 Å². The molecule has 0 fully saturated rings. The van der Waals surface area contributed by atoms with Crippen LogP contribution < -0.4 is 5.43 Å². The molecule has 0 rings (SSSR count). The van der Waals surface area contributed by atoms with Crippen LogP contribution in [-0.4, -0.2) is 18.5 Å². The second kappa shape index (κ2) is 4.76. The molecule has 0 radical (unpaired) electrons. The highest BCUT2D eigenvalue weighted by Gasteiger charge is 2.04. The van der Waals surface area contributed by atoms with Crippen LogP contribution >= 0.6 is 0 Å². The van der Waals surface area contributed by atoms with Crippen LogP contribution in [0, 0.1) is 5.92 Å². The van der Waals surface area contributed by atoms with Crippen molar-refractivity contribution in [2.24, 2.45) is 11.0 Å². The third-order valence-electron chi connectivity index (χ3n) is 0.886. The first-order valence-corrected chi connectivity index (χ1v) is 3.15. The van der Waals surface area contributed by atoms with Crippen LogP contribution in [0.5, 0.6) is 0 Å². The molecule has 5 heteroatoms. The Morgan fingerprint density at radius 3 is 2.45 bits per heavy atom. The van der Waals surface area contributed by atoms with E-state index in [0.29, 0.717) is 6.21 Å². The average molecular weight is 164 g/mol. The van der Waals surface area contributed by atoms with Crippen molar-refractivity contribution in [1.82, 2.24) is 5.43 Å². The van der Waals surface area contributed by atoms with Crippen LogP contribution in [0.4, 0.5) is 8.78 Å². The quantitative estimate of drug-likeness (QED) is 0.491. The Balaban J connectivity index is 3.62. The van der Waals surface area contributed by atoms with Gasteiger partial charge in [-0.2, -0.15) is 5.10 Å². The third-order valence-corrected chi connectivity index (χ3v) is 0.886. The summed E-state index contributed by atoms with van der Waals surface area (Å²) in [5.74, 6) is -0.619. The van der Waals surface area contributed by atoms with Crippen molar-refractivity contribution in [3.8, 4) is 0 Å². The number of hydrogen-bond donors (Lipinski definition) is 1. The molecule has 0 aromatic carbocycles. The molecular weight excluding hydrogens is 154 g/mol. The number of alkyl halides is 2. The minimum absolute atomic E-state index is 0.246. The van der Waals surface area contributed by atoms with E-state index in [0.717, 1.165) is 0 Å². The molecule has 3 nitrogen and oxygen atoms in total. The Kier molecular flexibility index (Phi) is 4.33. The fraction of sp³-hybridized carbons (Fsp3) is 0.667. The standard InChI is InChI=1S/C6H10F2N2O/c1-4(2)6(11)10-9-3-5(7)8/h3-5H,1-2H3,(H,10,11). The van der Waals surface area contributed by atoms with Gasteiger partial charge >= 0.3 is 0 Å². The number of rotatable bonds is 3. The van der Waals surface area contributed by atoms with Crippen molar-refractivity contribution in [3.05, 3.63) is 0 Å². The summed E-state index contributed by atoms with van der Waals surface area (Å²) in [5, 5.41) is 3.02. The predicted molar refractivity (Wildman–Crippen MR) is 37.5 cm³/mol. The number of halogens is 2. The summed E-state index contributed by atoms with van der Waals surface area (Å²) in [6, 6.07) is 0. The van der Waals surface area contributed by atoms with Crippen molar-refractivity contribution < 1.29 is 13.6 Å². The number of hydrogen-bond acceptors (Lipinski definition) is 2. The minimum Gasteiger partial charge on any atom is -0.273 e. The molecule has 64 valence electrons. The van der Waals surface area contributed by atoms with Gasteiger partial charge in [0.25, 0.3) is 6.43 Å². The zero-order chi connectivity index (χ0) is 8.85. The highest BCUT2D eigenvalue weighted by atomic mass is 19.3. The summed E-state index contributed by atoms with van der Waals surface area (Å²) in [6.45, 7) is 3.29. The minimum atomic E-state index is -2.62. The fourth-order valence-corrected chi connectivity index (χ4v) is 0.286. The lowest BCUT2D eigenvalue weighted by atomic mass is 10.2. The first kappa shape index (κ1) is 10.0. The fourth-order valence-electron chi connectivity index (χ4n) is 0.286. The van der Waals surface area contributed by atoms with Gasteiger partial charge in [0.05, 0.1) is 6.21 Å². The van der Waals surface area contributed by atoms with E-state index in [1.54, 1.807) is 13.8 Å². The Bertz CT molecular complexity index is 157. The molecule has 1 amide bonds. The molecule has 0 heterocycles. The van der Waals surface area contributed by atoms with Crippen molar-refractivity contribution >= 4 is 12.1 Å². The maximum atomic E-state index is 11.4. The summed E-state index contributed by atoms with van der Waals surface area (Å²) in [7, 11) is 0. The number of carbonyl (C=O) groups is 1. The number of nitrogens with zero attached hydrogens (tertiary/aromatic N) is 1. The molecule has 0 bridgehead atoms. The number of amides is 1. The van der Waals surface area contributed by atoms with Gasteiger partial charge in [-0.3, -0.25) is 4.79 Å². The van der Waals surface area contributed by atoms with Gasteiger partial charge < -0.3 is 0 Å². The highest BCUT2D eigenvalue weighted by Crippen LogP contribution is 1.90. The second-order valence-corrected chi connectivity index (χ2v) is 2.24. The highest BCUT2D eigenvalue weighted by molar-refractivity contribution is 5.78. The van der Waals surface area contributed by atoms with E-state index in [2.05, 4.69) is 5.10 Å². The Morgan fingerprint density at radius 1 is 1.55 bits per heavy atom. The molecule has 1 N–H and O–H groups in total. The molecule has 0 aliphatic carbocycles. The lowest BCUT2D eigenvalue weighted by Gasteiger charge is -2.00. The molecule has 0 aliphatic heterocycles. The molecule has 0 spiro atoms. The van der Waals surface area contributed by atoms with Gasteiger partial charge in [-0.05, 0) is 0 Å². The second-order valence-electron chi connectivity index (χ2n) is 2.24. The van der Waals surface area contributed by atoms with Crippen molar-refractivity contribution in [2.75, 3.05) is 0 Å². The van der Waals surface area contributed by atoms with Crippen LogP contribution in [0.25, 0.3) is 0 Å². The number of nitrogens with one attached hydrogen (secondary N) is 1. The maximum absolute atomic E-state index is 11.4. The number of carbonyl (C=O) groups excluding carboxylic acids is 1. The van der Waals surface area contributed by atoms with Gasteiger partial charge in [-0.25, -0.2) is 14.2 Å². The lowest BCUT2D eigenvalue weighted by Crippen LogP contribution is -2.23.